The van der Waals surface area contributed by atoms with Gasteiger partial charge in [-0.25, -0.2) is 19.7 Å². The zero-order chi connectivity index (χ0) is 104. The zero-order valence-corrected chi connectivity index (χ0v) is 83.7. The van der Waals surface area contributed by atoms with Gasteiger partial charge in [0.2, 0.25) is 23.6 Å². The highest BCUT2D eigenvalue weighted by molar-refractivity contribution is 6.45. The number of guanidine groups is 1. The fraction of sp³-hybridized carbons (Fsp3) is 0.364. The van der Waals surface area contributed by atoms with Gasteiger partial charge in [0.05, 0.1) is 141 Å². The number of aliphatic hydroxyl groups excluding tert-OH is 4. The molecule has 15 rings (SSSR count). The number of ether oxygens (including phenoxy) is 3. The van der Waals surface area contributed by atoms with Crippen molar-refractivity contribution >= 4 is 186 Å². The number of nitrogens with one attached hydrogen (secondary N) is 1. The molecule has 145 heavy (non-hydrogen) atoms. The summed E-state index contributed by atoms with van der Waals surface area (Å²) in [5, 5.41) is 80.2. The van der Waals surface area contributed by atoms with Crippen molar-refractivity contribution in [1.29, 1.82) is 0 Å². The van der Waals surface area contributed by atoms with Gasteiger partial charge in [-0.1, -0.05) is 136 Å². The Balaban J connectivity index is 0.673. The number of imide groups is 6. The molecule has 0 fully saturated rings. The Morgan fingerprint density at radius 1 is 0.372 bits per heavy atom. The molecule has 12 amide bonds. The van der Waals surface area contributed by atoms with Gasteiger partial charge >= 0.3 is 5.96 Å². The van der Waals surface area contributed by atoms with Gasteiger partial charge < -0.3 is 49.3 Å². The fourth-order valence-electron chi connectivity index (χ4n) is 19.7. The van der Waals surface area contributed by atoms with E-state index in [4.69, 9.17) is 25.4 Å². The Bertz CT molecular complexity index is 7080. The number of amides is 12. The Morgan fingerprint density at radius 2 is 0.655 bits per heavy atom. The minimum Gasteiger partial charge on any atom is -0.496 e. The summed E-state index contributed by atoms with van der Waals surface area (Å²) in [6.45, 7) is 12.8. The number of hydrogen-bond acceptors (Lipinski definition) is 25. The predicted molar refractivity (Wildman–Crippen MR) is 557 cm³/mol. The molecule has 3 unspecified atom stereocenters. The maximum atomic E-state index is 15.1. The van der Waals surface area contributed by atoms with Gasteiger partial charge in [-0.3, -0.25) is 88.7 Å². The second kappa shape index (κ2) is 43.2. The van der Waals surface area contributed by atoms with Crippen molar-refractivity contribution in [3.63, 3.8) is 0 Å². The lowest BCUT2D eigenvalue weighted by molar-refractivity contribution is -0.120. The third-order valence-corrected chi connectivity index (χ3v) is 27.6. The molecule has 38 heteroatoms. The van der Waals surface area contributed by atoms with Crippen LogP contribution in [-0.4, -0.2) is 250 Å². The third-order valence-electron chi connectivity index (χ3n) is 27.6. The van der Waals surface area contributed by atoms with Gasteiger partial charge in [0.25, 0.3) is 70.9 Å². The number of carbonyl (C=O) groups excluding carboxylic acids is 12. The maximum absolute atomic E-state index is 15.1. The van der Waals surface area contributed by atoms with E-state index in [9.17, 15) is 68.4 Å². The molecule has 6 aliphatic heterocycles. The van der Waals surface area contributed by atoms with Gasteiger partial charge in [-0.05, 0) is 139 Å². The minimum absolute atomic E-state index is 0.00826. The summed E-state index contributed by atoms with van der Waals surface area (Å²) in [5.41, 5.74) is 9.47. The molecule has 0 spiro atoms. The number of aliphatic imine (C=N–C) groups is 1. The zero-order valence-electron chi connectivity index (χ0n) is 83.7. The standard InChI is InChI=1S/C107H117N19O19/c1-16-22-25-56(19-4)53-121-95(131)65-44-73(118(7)8)87-81-68(47-76(143-13)90(84(65)81)101(121)137)98(134)124(104(87)140)62-34-28-59(29-35-62)50-110-115-79(127)42-40-71(114-107(108)109)93(129)113-72(94(130)117-112-52-61-32-38-64(39-33-61)126-100(136)70-49-78(145-15)92-86-67(46-75(120(11)12)89(83(70)86)106(126)142)97(133)123(103(92)139)55-58(21-6)27-24-18-3)41-43-80(128)116-111-51-60-30-36-63(37-31-60)125-99(135)69-48-77(144-14)91-85-66(45-74(119(9)10)88(82(69)85)105(125)141)96(132)122(102(91)138)54-57(20-5)26-23-17-2/h28-39,44-52,56-58,71-72H,16-27,40-43,53-55H2,1-15H3,(H,113,129)(H,115,127)(H,116,128)(H,117,130)(H4,108,109,114)/p+1/b110-50-,111-51-,112-52-/t56?,57?,58?,71-,72-/m0/s1. The number of rotatable bonds is 43. The van der Waals surface area contributed by atoms with Crippen LogP contribution < -0.4 is 60.1 Å². The number of carbonyl (C=O) groups is 12. The number of aliphatic hydroxyl groups is 4. The van der Waals surface area contributed by atoms with E-state index in [1.165, 1.54) is 134 Å². The van der Waals surface area contributed by atoms with E-state index in [1.54, 1.807) is 87.3 Å². The Morgan fingerprint density at radius 3 is 0.931 bits per heavy atom. The molecule has 9 aromatic carbocycles. The third kappa shape index (κ3) is 19.4. The summed E-state index contributed by atoms with van der Waals surface area (Å²) >= 11 is 0. The smallest absolute Gasteiger partial charge is 0.339 e. The highest BCUT2D eigenvalue weighted by Gasteiger charge is 2.50. The first-order valence-electron chi connectivity index (χ1n) is 48.5. The summed E-state index contributed by atoms with van der Waals surface area (Å²) in [6, 6.07) is 24.2. The number of benzene rings is 9. The van der Waals surface area contributed by atoms with Crippen molar-refractivity contribution in [1.82, 2.24) is 20.0 Å². The van der Waals surface area contributed by atoms with Crippen LogP contribution >= 0.6 is 0 Å². The van der Waals surface area contributed by atoms with Crippen molar-refractivity contribution in [2.75, 3.05) is 113 Å². The first kappa shape index (κ1) is 103. The van der Waals surface area contributed by atoms with Crippen molar-refractivity contribution in [2.24, 2.45) is 59.1 Å². The number of hydrogen-bond donors (Lipinski definition) is 7. The quantitative estimate of drug-likeness (QED) is 0.00807. The molecule has 9 aromatic rings. The second-order valence-electron chi connectivity index (χ2n) is 37.4. The molecule has 5 atom stereocenters. The Kier molecular flexibility index (Phi) is 30.6. The molecule has 38 nitrogen and oxygen atoms in total. The van der Waals surface area contributed by atoms with Crippen LogP contribution in [0.2, 0.25) is 0 Å². The summed E-state index contributed by atoms with van der Waals surface area (Å²) < 4.78 is 17.5. The molecule has 6 heterocycles. The highest BCUT2D eigenvalue weighted by atomic mass is 16.5. The van der Waals surface area contributed by atoms with Crippen molar-refractivity contribution in [2.45, 2.75) is 156 Å². The van der Waals surface area contributed by atoms with Crippen LogP contribution in [0, 0.1) is 17.8 Å². The molecule has 0 saturated heterocycles. The SMILES string of the molecule is CCCCC(CC)CN1C(=O)c2cc(N(C)C)c3c4c(cc(OC)c(c24)C1=O)C(=O)N(c1ccc(/C=N\N=C(O)CC[C@H](N=C(O)[C@H](CCC(O)=N/N=C\c2ccc(N4C(=O)c5cc(OC)c6c7c(cc(N(C)C)c(c57)C4=O)C(=O)N(CC(CC)CCCC)C6=O)cc2)NC(N)=[NH2+])C(O)=N/N=C\c2ccc(N4C(=O)c5cc(OC)c6c7c(cc(N(C)C)c(c57)C4=O)C(=O)N(CC(CC)CCCC)C6=O)cc2)cc1)C3=O. The molecule has 0 radical (unpaired) electrons. The van der Waals surface area contributed by atoms with Crippen molar-refractivity contribution in [3.8, 4) is 17.2 Å². The van der Waals surface area contributed by atoms with Crippen LogP contribution in [0.3, 0.4) is 0 Å². The first-order valence-corrected chi connectivity index (χ1v) is 48.5. The lowest BCUT2D eigenvalue weighted by Crippen LogP contribution is -2.59. The Hall–Kier alpha value is -16.4. The molecule has 0 bridgehead atoms. The summed E-state index contributed by atoms with van der Waals surface area (Å²) in [7, 11) is 14.3. The number of nitrogens with zero attached hydrogens (tertiary/aromatic N) is 16. The van der Waals surface area contributed by atoms with Crippen LogP contribution in [0.1, 0.15) is 285 Å². The summed E-state index contributed by atoms with van der Waals surface area (Å²) in [6.07, 6.45) is 12.5. The number of unbranched alkanes of at least 4 members (excludes halogenated alkanes) is 3. The average molecular weight is 1970 g/mol. The van der Waals surface area contributed by atoms with Gasteiger partial charge in [-0.2, -0.15) is 15.3 Å². The molecule has 0 saturated carbocycles. The topological polar surface area (TPSA) is 493 Å². The van der Waals surface area contributed by atoms with E-state index in [0.29, 0.717) is 33.8 Å². The first-order chi connectivity index (χ1) is 69.5. The molecule has 6 aliphatic rings. The highest BCUT2D eigenvalue weighted by Crippen LogP contribution is 2.52. The van der Waals surface area contributed by atoms with Gasteiger partial charge in [0.1, 0.15) is 23.3 Å². The summed E-state index contributed by atoms with van der Waals surface area (Å²) in [4.78, 5) is 193. The Labute approximate surface area is 836 Å². The normalized spacial score (nSPS) is 16.0. The monoisotopic (exact) mass is 1970 g/mol. The van der Waals surface area contributed by atoms with Gasteiger partial charge in [0, 0.05) is 107 Å². The number of nitrogens with two attached hydrogens (primary N) is 2. The van der Waals surface area contributed by atoms with Crippen LogP contribution in [0.4, 0.5) is 34.1 Å². The molecule has 9 N–H and O–H groups in total. The minimum atomic E-state index is -1.58. The van der Waals surface area contributed by atoms with Crippen LogP contribution in [-0.2, 0) is 0 Å². The van der Waals surface area contributed by atoms with E-state index in [2.05, 4.69) is 61.7 Å². The predicted octanol–water partition coefficient (Wildman–Crippen LogP) is 14.4. The lowest BCUT2D eigenvalue weighted by atomic mass is 9.83. The van der Waals surface area contributed by atoms with Crippen molar-refractivity contribution in [3.05, 3.63) is 193 Å². The number of anilines is 6. The second-order valence-corrected chi connectivity index (χ2v) is 37.4. The van der Waals surface area contributed by atoms with Gasteiger partial charge in [0.15, 0.2) is 6.04 Å². The van der Waals surface area contributed by atoms with Crippen LogP contribution in [0.25, 0.3) is 32.3 Å². The molecular weight excluding hydrogens is 1860 g/mol. The largest absolute Gasteiger partial charge is 0.496 e. The van der Waals surface area contributed by atoms with Crippen LogP contribution in [0.15, 0.2) is 145 Å². The van der Waals surface area contributed by atoms with E-state index >= 15 is 9.59 Å². The fourth-order valence-corrected chi connectivity index (χ4v) is 19.7. The van der Waals surface area contributed by atoms with Gasteiger partial charge in [-0.15, -0.1) is 15.3 Å². The van der Waals surface area contributed by atoms with Crippen LogP contribution in [0.5, 0.6) is 17.2 Å². The van der Waals surface area contributed by atoms with Crippen molar-refractivity contribution < 1.29 is 97.6 Å². The van der Waals surface area contributed by atoms with E-state index < -0.39 is 119 Å². The van der Waals surface area contributed by atoms with E-state index in [-0.39, 0.29) is 190 Å². The van der Waals surface area contributed by atoms with E-state index in [0.717, 1.165) is 91.7 Å². The molecule has 0 aromatic heterocycles. The lowest BCUT2D eigenvalue weighted by Gasteiger charge is -2.35. The number of methoxy groups -OCH3 is 3. The molecular formula is C107H118N19O19+. The summed E-state index contributed by atoms with van der Waals surface area (Å²) in [5.74, 6) is -10.8. The maximum Gasteiger partial charge on any atom is 0.339 e. The average Bonchev–Trinajstić information content (AvgIpc) is 0.702. The molecule has 754 valence electrons. The molecule has 0 aliphatic carbocycles. The van der Waals surface area contributed by atoms with E-state index in [1.807, 2.05) is 20.8 Å².